The second-order valence-corrected chi connectivity index (χ2v) is 1.88. The van der Waals surface area contributed by atoms with Gasteiger partial charge in [0.1, 0.15) is 5.76 Å². The molecule has 3 nitrogen and oxygen atoms in total. The van der Waals surface area contributed by atoms with Crippen LogP contribution in [0.25, 0.3) is 0 Å². The van der Waals surface area contributed by atoms with Crippen molar-refractivity contribution in [2.45, 2.75) is 20.4 Å². The Morgan fingerprint density at radius 2 is 2.44 bits per heavy atom. The Hall–Kier alpha value is -0.990. The Labute approximate surface area is 52.9 Å². The number of hydrogen-bond donors (Lipinski definition) is 0. The molecule has 0 spiro atoms. The van der Waals surface area contributed by atoms with Crippen molar-refractivity contribution in [3.8, 4) is 0 Å². The molecule has 1 heterocycles. The van der Waals surface area contributed by atoms with Crippen LogP contribution in [-0.2, 0) is 6.54 Å². The first-order valence-electron chi connectivity index (χ1n) is 2.92. The molecule has 0 aliphatic carbocycles. The summed E-state index contributed by atoms with van der Waals surface area (Å²) in [6.07, 6.45) is 0. The predicted molar refractivity (Wildman–Crippen MR) is 33.4 cm³/mol. The zero-order valence-corrected chi connectivity index (χ0v) is 5.55. The molecule has 1 aromatic rings. The Balaban J connectivity index is 3.16. The largest absolute Gasteiger partial charge is 0.381 e. The van der Waals surface area contributed by atoms with E-state index in [2.05, 4.69) is 0 Å². The summed E-state index contributed by atoms with van der Waals surface area (Å²) in [6, 6.07) is 1.48. The SMILES string of the molecule is CCn1oc(C)cc1=O. The minimum atomic E-state index is -0.0602. The minimum Gasteiger partial charge on any atom is -0.381 e. The molecule has 0 fully saturated rings. The Kier molecular flexibility index (Phi) is 1.42. The van der Waals surface area contributed by atoms with Gasteiger partial charge in [0.05, 0.1) is 6.54 Å². The zero-order valence-electron chi connectivity index (χ0n) is 5.55. The molecule has 1 rings (SSSR count). The van der Waals surface area contributed by atoms with Crippen LogP contribution in [0.1, 0.15) is 12.7 Å². The fourth-order valence-electron chi connectivity index (χ4n) is 0.711. The number of aryl methyl sites for hydroxylation is 2. The van der Waals surface area contributed by atoms with E-state index in [1.807, 2.05) is 6.92 Å². The molecule has 0 unspecified atom stereocenters. The molecule has 0 radical (unpaired) electrons. The molecule has 0 bridgehead atoms. The van der Waals surface area contributed by atoms with E-state index in [4.69, 9.17) is 4.52 Å². The molecule has 0 saturated heterocycles. The second-order valence-electron chi connectivity index (χ2n) is 1.88. The first-order valence-corrected chi connectivity index (χ1v) is 2.92. The summed E-state index contributed by atoms with van der Waals surface area (Å²) in [4.78, 5) is 10.7. The summed E-state index contributed by atoms with van der Waals surface area (Å²) in [5, 5.41) is 0. The van der Waals surface area contributed by atoms with Crippen LogP contribution in [0.4, 0.5) is 0 Å². The molecule has 0 aromatic carbocycles. The molecule has 0 saturated carbocycles. The number of hydrogen-bond acceptors (Lipinski definition) is 2. The van der Waals surface area contributed by atoms with Gasteiger partial charge in [0.25, 0.3) is 5.56 Å². The molecule has 0 N–H and O–H groups in total. The summed E-state index contributed by atoms with van der Waals surface area (Å²) in [6.45, 7) is 4.23. The van der Waals surface area contributed by atoms with Crippen molar-refractivity contribution in [2.24, 2.45) is 0 Å². The van der Waals surface area contributed by atoms with Gasteiger partial charge in [-0.15, -0.1) is 0 Å². The van der Waals surface area contributed by atoms with Crippen molar-refractivity contribution in [1.29, 1.82) is 0 Å². The van der Waals surface area contributed by atoms with Gasteiger partial charge in [-0.05, 0) is 13.8 Å². The van der Waals surface area contributed by atoms with Gasteiger partial charge in [-0.1, -0.05) is 0 Å². The monoisotopic (exact) mass is 127 g/mol. The van der Waals surface area contributed by atoms with E-state index in [1.165, 1.54) is 10.8 Å². The fourth-order valence-corrected chi connectivity index (χ4v) is 0.711. The second kappa shape index (κ2) is 2.09. The van der Waals surface area contributed by atoms with E-state index in [9.17, 15) is 4.79 Å². The molecule has 0 aliphatic heterocycles. The molecule has 1 aromatic heterocycles. The minimum absolute atomic E-state index is 0.0602. The molecule has 9 heavy (non-hydrogen) atoms. The summed E-state index contributed by atoms with van der Waals surface area (Å²) < 4.78 is 6.28. The van der Waals surface area contributed by atoms with Crippen molar-refractivity contribution in [2.75, 3.05) is 0 Å². The molecular formula is C6H9NO2. The topological polar surface area (TPSA) is 35.1 Å². The van der Waals surface area contributed by atoms with Crippen LogP contribution in [-0.4, -0.2) is 4.74 Å². The maximum atomic E-state index is 10.7. The molecule has 0 atom stereocenters. The van der Waals surface area contributed by atoms with Gasteiger partial charge in [0.15, 0.2) is 0 Å². The summed E-state index contributed by atoms with van der Waals surface area (Å²) in [7, 11) is 0. The first-order chi connectivity index (χ1) is 4.24. The van der Waals surface area contributed by atoms with Crippen LogP contribution in [0.5, 0.6) is 0 Å². The zero-order chi connectivity index (χ0) is 6.85. The predicted octanol–water partition coefficient (Wildman–Crippen LogP) is 0.770. The molecule has 3 heteroatoms. The number of nitrogens with zero attached hydrogens (tertiary/aromatic N) is 1. The van der Waals surface area contributed by atoms with Crippen molar-refractivity contribution in [1.82, 2.24) is 4.74 Å². The lowest BCUT2D eigenvalue weighted by atomic mass is 10.5. The molecule has 0 amide bonds. The van der Waals surface area contributed by atoms with Gasteiger partial charge in [0.2, 0.25) is 0 Å². The number of rotatable bonds is 1. The lowest BCUT2D eigenvalue weighted by Crippen LogP contribution is -2.10. The smallest absolute Gasteiger partial charge is 0.282 e. The Morgan fingerprint density at radius 3 is 2.67 bits per heavy atom. The highest BCUT2D eigenvalue weighted by molar-refractivity contribution is 4.90. The summed E-state index contributed by atoms with van der Waals surface area (Å²) >= 11 is 0. The van der Waals surface area contributed by atoms with Crippen LogP contribution in [0.3, 0.4) is 0 Å². The normalized spacial score (nSPS) is 10.0. The van der Waals surface area contributed by atoms with E-state index < -0.39 is 0 Å². The lowest BCUT2D eigenvalue weighted by Gasteiger charge is -1.88. The van der Waals surface area contributed by atoms with Crippen molar-refractivity contribution >= 4 is 0 Å². The average molecular weight is 127 g/mol. The van der Waals surface area contributed by atoms with Gasteiger partial charge in [0, 0.05) is 6.07 Å². The lowest BCUT2D eigenvalue weighted by molar-refractivity contribution is 0.257. The van der Waals surface area contributed by atoms with E-state index in [-0.39, 0.29) is 5.56 Å². The molecular weight excluding hydrogens is 118 g/mol. The third kappa shape index (κ3) is 1.04. The van der Waals surface area contributed by atoms with Gasteiger partial charge >= 0.3 is 0 Å². The average Bonchev–Trinajstić information content (AvgIpc) is 2.10. The third-order valence-corrected chi connectivity index (χ3v) is 1.11. The van der Waals surface area contributed by atoms with Gasteiger partial charge in [-0.25, -0.2) is 0 Å². The van der Waals surface area contributed by atoms with E-state index in [1.54, 1.807) is 6.92 Å². The van der Waals surface area contributed by atoms with Crippen molar-refractivity contribution < 1.29 is 4.52 Å². The fraction of sp³-hybridized carbons (Fsp3) is 0.500. The maximum Gasteiger partial charge on any atom is 0.282 e. The highest BCUT2D eigenvalue weighted by atomic mass is 16.5. The Morgan fingerprint density at radius 1 is 1.78 bits per heavy atom. The van der Waals surface area contributed by atoms with Crippen LogP contribution in [0.15, 0.2) is 15.4 Å². The first kappa shape index (κ1) is 6.13. The highest BCUT2D eigenvalue weighted by Crippen LogP contribution is 1.90. The van der Waals surface area contributed by atoms with Crippen LogP contribution in [0.2, 0.25) is 0 Å². The summed E-state index contributed by atoms with van der Waals surface area (Å²) in [5.41, 5.74) is -0.0602. The van der Waals surface area contributed by atoms with Gasteiger partial charge in [-0.2, -0.15) is 4.74 Å². The van der Waals surface area contributed by atoms with Gasteiger partial charge in [-0.3, -0.25) is 4.79 Å². The number of aromatic nitrogens is 1. The van der Waals surface area contributed by atoms with Crippen molar-refractivity contribution in [3.05, 3.63) is 22.2 Å². The Bertz CT molecular complexity index is 246. The standard InChI is InChI=1S/C6H9NO2/c1-3-7-6(8)4-5(2)9-7/h4H,3H2,1-2H3. The molecule has 0 aliphatic rings. The summed E-state index contributed by atoms with van der Waals surface area (Å²) in [5.74, 6) is 0.668. The third-order valence-electron chi connectivity index (χ3n) is 1.11. The quantitative estimate of drug-likeness (QED) is 0.558. The van der Waals surface area contributed by atoms with E-state index in [0.717, 1.165) is 0 Å². The van der Waals surface area contributed by atoms with E-state index >= 15 is 0 Å². The van der Waals surface area contributed by atoms with Crippen LogP contribution in [0, 0.1) is 6.92 Å². The maximum absolute atomic E-state index is 10.7. The van der Waals surface area contributed by atoms with Crippen LogP contribution >= 0.6 is 0 Å². The molecule has 50 valence electrons. The van der Waals surface area contributed by atoms with Crippen LogP contribution < -0.4 is 5.56 Å². The van der Waals surface area contributed by atoms with Gasteiger partial charge < -0.3 is 4.52 Å². The van der Waals surface area contributed by atoms with E-state index in [0.29, 0.717) is 12.3 Å². The van der Waals surface area contributed by atoms with Crippen molar-refractivity contribution in [3.63, 3.8) is 0 Å². The highest BCUT2D eigenvalue weighted by Gasteiger charge is 1.96.